The molecule has 0 saturated carbocycles. The van der Waals surface area contributed by atoms with Gasteiger partial charge >= 0.3 is 5.97 Å². The van der Waals surface area contributed by atoms with Gasteiger partial charge < -0.3 is 9.47 Å². The second kappa shape index (κ2) is 12.7. The first-order chi connectivity index (χ1) is 19.7. The van der Waals surface area contributed by atoms with E-state index in [2.05, 4.69) is 36.9 Å². The molecule has 1 atom stereocenters. The quantitative estimate of drug-likeness (QED) is 0.188. The molecule has 0 spiro atoms. The number of aromatic nitrogens is 1. The first-order valence-corrected chi connectivity index (χ1v) is 15.6. The number of halogens is 4. The molecule has 0 saturated heterocycles. The maximum Gasteiger partial charge on any atom is 0.338 e. The Hall–Kier alpha value is -2.69. The van der Waals surface area contributed by atoms with Crippen LogP contribution in [0.2, 0.25) is 10.0 Å². The molecule has 0 fully saturated rings. The van der Waals surface area contributed by atoms with Crippen LogP contribution in [0.5, 0.6) is 5.75 Å². The van der Waals surface area contributed by atoms with E-state index in [1.54, 1.807) is 50.3 Å². The Kier molecular flexibility index (Phi) is 9.21. The maximum atomic E-state index is 14.0. The molecule has 0 bridgehead atoms. The summed E-state index contributed by atoms with van der Waals surface area (Å²) < 4.78 is 15.1. The number of hydrogen-bond acceptors (Lipinski definition) is 6. The van der Waals surface area contributed by atoms with Crippen molar-refractivity contribution in [2.45, 2.75) is 26.5 Å². The summed E-state index contributed by atoms with van der Waals surface area (Å²) >= 11 is 21.2. The molecule has 1 aliphatic rings. The summed E-state index contributed by atoms with van der Waals surface area (Å²) in [6.07, 6.45) is 1.73. The molecule has 11 heteroatoms. The third-order valence-electron chi connectivity index (χ3n) is 6.34. The highest BCUT2D eigenvalue weighted by Gasteiger charge is 2.34. The number of nitrogens with zero attached hydrogens (tertiary/aromatic N) is 2. The second-order valence-corrected chi connectivity index (χ2v) is 12.7. The summed E-state index contributed by atoms with van der Waals surface area (Å²) in [7, 11) is 0. The number of carbonyl (C=O) groups is 1. The van der Waals surface area contributed by atoms with Crippen LogP contribution in [0, 0.1) is 0 Å². The van der Waals surface area contributed by atoms with Crippen LogP contribution in [0.15, 0.2) is 90.7 Å². The van der Waals surface area contributed by atoms with E-state index in [1.165, 1.54) is 15.9 Å². The SMILES string of the molecule is CCOC(=O)C1=C(C)N=c2s/c(=C\c3cc(Cl)cc(Br)c3OCc3ccc(Br)cc3)c(=O)n2[C@@H]1c1ccccc1Cl. The summed E-state index contributed by atoms with van der Waals surface area (Å²) in [5.41, 5.74) is 2.59. The Bertz CT molecular complexity index is 1870. The lowest BCUT2D eigenvalue weighted by Gasteiger charge is -2.25. The largest absolute Gasteiger partial charge is 0.487 e. The predicted molar refractivity (Wildman–Crippen MR) is 169 cm³/mol. The number of allylic oxidation sites excluding steroid dienone is 1. The normalized spacial score (nSPS) is 15.0. The van der Waals surface area contributed by atoms with Crippen molar-refractivity contribution >= 4 is 78.4 Å². The van der Waals surface area contributed by atoms with Crippen LogP contribution in [0.4, 0.5) is 0 Å². The van der Waals surface area contributed by atoms with E-state index in [0.717, 1.165) is 10.0 Å². The van der Waals surface area contributed by atoms with Gasteiger partial charge in [0.15, 0.2) is 4.80 Å². The van der Waals surface area contributed by atoms with Crippen LogP contribution in [-0.2, 0) is 16.1 Å². The van der Waals surface area contributed by atoms with Gasteiger partial charge in [0.25, 0.3) is 5.56 Å². The minimum Gasteiger partial charge on any atom is -0.487 e. The van der Waals surface area contributed by atoms with Crippen LogP contribution >= 0.6 is 66.4 Å². The number of hydrogen-bond donors (Lipinski definition) is 0. The van der Waals surface area contributed by atoms with Gasteiger partial charge in [0.2, 0.25) is 0 Å². The van der Waals surface area contributed by atoms with Crippen molar-refractivity contribution in [3.63, 3.8) is 0 Å². The summed E-state index contributed by atoms with van der Waals surface area (Å²) in [6, 6.07) is 17.6. The molecular formula is C30H22Br2Cl2N2O4S. The van der Waals surface area contributed by atoms with Gasteiger partial charge in [-0.3, -0.25) is 9.36 Å². The molecule has 210 valence electrons. The molecule has 4 aromatic rings. The van der Waals surface area contributed by atoms with Crippen molar-refractivity contribution in [1.29, 1.82) is 0 Å². The van der Waals surface area contributed by atoms with Gasteiger partial charge in [-0.05, 0) is 77.3 Å². The molecule has 5 rings (SSSR count). The Morgan fingerprint density at radius 3 is 2.56 bits per heavy atom. The zero-order valence-corrected chi connectivity index (χ0v) is 27.3. The van der Waals surface area contributed by atoms with Crippen molar-refractivity contribution in [1.82, 2.24) is 4.57 Å². The van der Waals surface area contributed by atoms with E-state index in [4.69, 9.17) is 32.7 Å². The number of benzene rings is 3. The van der Waals surface area contributed by atoms with E-state index in [0.29, 0.717) is 53.0 Å². The first kappa shape index (κ1) is 29.8. The number of esters is 1. The molecule has 0 aliphatic carbocycles. The molecule has 6 nitrogen and oxygen atoms in total. The fourth-order valence-corrected chi connectivity index (χ4v) is 6.99. The molecule has 41 heavy (non-hydrogen) atoms. The Morgan fingerprint density at radius 2 is 1.85 bits per heavy atom. The zero-order valence-electron chi connectivity index (χ0n) is 21.8. The number of ether oxygens (including phenoxy) is 2. The molecule has 0 N–H and O–H groups in total. The Balaban J connectivity index is 1.65. The van der Waals surface area contributed by atoms with Gasteiger partial charge in [0.05, 0.1) is 26.9 Å². The molecule has 0 unspecified atom stereocenters. The molecule has 0 amide bonds. The number of carbonyl (C=O) groups excluding carboxylic acids is 1. The van der Waals surface area contributed by atoms with Gasteiger partial charge in [0.1, 0.15) is 18.4 Å². The van der Waals surface area contributed by atoms with Crippen molar-refractivity contribution in [2.75, 3.05) is 6.61 Å². The Morgan fingerprint density at radius 1 is 1.12 bits per heavy atom. The smallest absolute Gasteiger partial charge is 0.338 e. The van der Waals surface area contributed by atoms with Crippen molar-refractivity contribution in [2.24, 2.45) is 4.99 Å². The summed E-state index contributed by atoms with van der Waals surface area (Å²) in [5.74, 6) is -0.00968. The van der Waals surface area contributed by atoms with Gasteiger partial charge in [-0.1, -0.05) is 80.8 Å². The molecule has 0 radical (unpaired) electrons. The van der Waals surface area contributed by atoms with Gasteiger partial charge in [-0.2, -0.15) is 0 Å². The fraction of sp³-hybridized carbons (Fsp3) is 0.167. The van der Waals surface area contributed by atoms with Crippen LogP contribution in [0.3, 0.4) is 0 Å². The molecular weight excluding hydrogens is 715 g/mol. The monoisotopic (exact) mass is 734 g/mol. The third kappa shape index (κ3) is 6.24. The average molecular weight is 737 g/mol. The third-order valence-corrected chi connectivity index (χ3v) is 9.00. The number of rotatable bonds is 7. The lowest BCUT2D eigenvalue weighted by atomic mass is 9.96. The van der Waals surface area contributed by atoms with Crippen molar-refractivity contribution < 1.29 is 14.3 Å². The average Bonchev–Trinajstić information content (AvgIpc) is 3.23. The topological polar surface area (TPSA) is 69.9 Å². The van der Waals surface area contributed by atoms with Gasteiger partial charge in [-0.15, -0.1) is 0 Å². The predicted octanol–water partition coefficient (Wildman–Crippen LogP) is 7.21. The van der Waals surface area contributed by atoms with E-state index in [1.807, 2.05) is 30.3 Å². The maximum absolute atomic E-state index is 14.0. The minimum absolute atomic E-state index is 0.182. The van der Waals surface area contributed by atoms with E-state index >= 15 is 0 Å². The molecule has 3 aromatic carbocycles. The summed E-state index contributed by atoms with van der Waals surface area (Å²) in [6.45, 7) is 3.95. The second-order valence-electron chi connectivity index (χ2n) is 9.04. The highest BCUT2D eigenvalue weighted by molar-refractivity contribution is 9.10. The van der Waals surface area contributed by atoms with E-state index < -0.39 is 12.0 Å². The van der Waals surface area contributed by atoms with Crippen molar-refractivity contribution in [3.05, 3.63) is 127 Å². The molecule has 2 heterocycles. The van der Waals surface area contributed by atoms with Crippen LogP contribution in [0.25, 0.3) is 6.08 Å². The molecule has 1 aromatic heterocycles. The van der Waals surface area contributed by atoms with Gasteiger partial charge in [0, 0.05) is 20.1 Å². The molecule has 1 aliphatic heterocycles. The number of thiazole rings is 1. The van der Waals surface area contributed by atoms with E-state index in [9.17, 15) is 9.59 Å². The first-order valence-electron chi connectivity index (χ1n) is 12.5. The highest BCUT2D eigenvalue weighted by atomic mass is 79.9. The Labute approximate surface area is 266 Å². The standard InChI is InChI=1S/C30H22Br2Cl2N2O4S/c1-3-39-29(38)25-16(2)35-30-36(26(25)21-6-4-5-7-23(21)34)28(37)24(41-30)13-18-12-20(33)14-22(32)27(18)40-15-17-8-10-19(31)11-9-17/h4-14,26H,3,15H2,1-2H3/b24-13-/t26-/m1/s1. The van der Waals surface area contributed by atoms with Crippen LogP contribution in [0.1, 0.15) is 36.6 Å². The highest BCUT2D eigenvalue weighted by Crippen LogP contribution is 2.36. The lowest BCUT2D eigenvalue weighted by Crippen LogP contribution is -2.40. The van der Waals surface area contributed by atoms with Crippen LogP contribution < -0.4 is 19.6 Å². The number of fused-ring (bicyclic) bond motifs is 1. The zero-order chi connectivity index (χ0) is 29.3. The van der Waals surface area contributed by atoms with Crippen molar-refractivity contribution in [3.8, 4) is 5.75 Å². The van der Waals surface area contributed by atoms with E-state index in [-0.39, 0.29) is 17.7 Å². The van der Waals surface area contributed by atoms with Gasteiger partial charge in [-0.25, -0.2) is 9.79 Å². The summed E-state index contributed by atoms with van der Waals surface area (Å²) in [4.78, 5) is 32.2. The minimum atomic E-state index is -0.805. The van der Waals surface area contributed by atoms with Crippen LogP contribution in [-0.4, -0.2) is 17.1 Å². The summed E-state index contributed by atoms with van der Waals surface area (Å²) in [5, 5.41) is 0.896. The fourth-order valence-electron chi connectivity index (χ4n) is 4.50. The lowest BCUT2D eigenvalue weighted by molar-refractivity contribution is -0.139.